The Kier molecular flexibility index (Phi) is 4.86. The first-order chi connectivity index (χ1) is 7.19. The molecule has 0 radical (unpaired) electrons. The van der Waals surface area contributed by atoms with Gasteiger partial charge in [-0.3, -0.25) is 0 Å². The van der Waals surface area contributed by atoms with Crippen LogP contribution in [-0.4, -0.2) is 7.05 Å². The topological polar surface area (TPSA) is 12.0 Å². The molecule has 0 amide bonds. The second kappa shape index (κ2) is 5.94. The molecule has 1 aromatic carbocycles. The van der Waals surface area contributed by atoms with E-state index in [-0.39, 0.29) is 0 Å². The van der Waals surface area contributed by atoms with Crippen molar-refractivity contribution in [2.45, 2.75) is 25.8 Å². The molecule has 0 saturated carbocycles. The van der Waals surface area contributed by atoms with Crippen molar-refractivity contribution in [2.24, 2.45) is 0 Å². The van der Waals surface area contributed by atoms with Crippen LogP contribution < -0.4 is 5.32 Å². The molecule has 1 unspecified atom stereocenters. The van der Waals surface area contributed by atoms with Crippen LogP contribution in [0.2, 0.25) is 5.02 Å². The molecule has 82 valence electrons. The number of aryl methyl sites for hydroxylation is 1. The molecular formula is C13H18ClN. The predicted molar refractivity (Wildman–Crippen MR) is 67.4 cm³/mol. The van der Waals surface area contributed by atoms with Gasteiger partial charge >= 0.3 is 0 Å². The molecule has 0 aromatic heterocycles. The van der Waals surface area contributed by atoms with Crippen LogP contribution >= 0.6 is 11.6 Å². The Labute approximate surface area is 97.1 Å². The summed E-state index contributed by atoms with van der Waals surface area (Å²) in [5.74, 6) is 0. The SMILES string of the molecule is C=CCCC(NC)c1ccc(C)cc1Cl. The fourth-order valence-electron chi connectivity index (χ4n) is 1.65. The zero-order valence-electron chi connectivity index (χ0n) is 9.39. The van der Waals surface area contributed by atoms with E-state index in [0.29, 0.717) is 6.04 Å². The summed E-state index contributed by atoms with van der Waals surface area (Å²) in [5, 5.41) is 4.13. The van der Waals surface area contributed by atoms with E-state index < -0.39 is 0 Å². The lowest BCUT2D eigenvalue weighted by molar-refractivity contribution is 0.555. The van der Waals surface area contributed by atoms with Crippen LogP contribution in [-0.2, 0) is 0 Å². The number of halogens is 1. The summed E-state index contributed by atoms with van der Waals surface area (Å²) in [7, 11) is 1.96. The van der Waals surface area contributed by atoms with Crippen molar-refractivity contribution in [1.82, 2.24) is 5.32 Å². The van der Waals surface area contributed by atoms with Crippen LogP contribution in [0.4, 0.5) is 0 Å². The van der Waals surface area contributed by atoms with Gasteiger partial charge < -0.3 is 5.32 Å². The molecule has 0 fully saturated rings. The number of hydrogen-bond acceptors (Lipinski definition) is 1. The van der Waals surface area contributed by atoms with Gasteiger partial charge in [-0.15, -0.1) is 6.58 Å². The van der Waals surface area contributed by atoms with Gasteiger partial charge in [0.15, 0.2) is 0 Å². The normalized spacial score (nSPS) is 12.5. The Morgan fingerprint density at radius 1 is 1.53 bits per heavy atom. The van der Waals surface area contributed by atoms with Crippen molar-refractivity contribution in [1.29, 1.82) is 0 Å². The molecule has 1 nitrogen and oxygen atoms in total. The number of hydrogen-bond donors (Lipinski definition) is 1. The third-order valence-electron chi connectivity index (χ3n) is 2.54. The summed E-state index contributed by atoms with van der Waals surface area (Å²) in [6.07, 6.45) is 3.96. The molecule has 0 aliphatic carbocycles. The fraction of sp³-hybridized carbons (Fsp3) is 0.385. The quantitative estimate of drug-likeness (QED) is 0.748. The third kappa shape index (κ3) is 3.37. The minimum atomic E-state index is 0.316. The number of nitrogens with one attached hydrogen (secondary N) is 1. The van der Waals surface area contributed by atoms with Gasteiger partial charge in [-0.05, 0) is 44.0 Å². The molecule has 15 heavy (non-hydrogen) atoms. The van der Waals surface area contributed by atoms with E-state index in [4.69, 9.17) is 11.6 Å². The highest BCUT2D eigenvalue weighted by Crippen LogP contribution is 2.26. The van der Waals surface area contributed by atoms with Crippen molar-refractivity contribution in [3.8, 4) is 0 Å². The number of allylic oxidation sites excluding steroid dienone is 1. The molecule has 1 atom stereocenters. The standard InChI is InChI=1S/C13H18ClN/c1-4-5-6-13(15-3)11-8-7-10(2)9-12(11)14/h4,7-9,13,15H,1,5-6H2,2-3H3. The maximum absolute atomic E-state index is 6.22. The molecule has 0 heterocycles. The molecule has 1 rings (SSSR count). The van der Waals surface area contributed by atoms with E-state index in [9.17, 15) is 0 Å². The maximum Gasteiger partial charge on any atom is 0.0456 e. The Hall–Kier alpha value is -0.790. The number of rotatable bonds is 5. The van der Waals surface area contributed by atoms with Gasteiger partial charge in [-0.1, -0.05) is 29.8 Å². The smallest absolute Gasteiger partial charge is 0.0456 e. The monoisotopic (exact) mass is 223 g/mol. The van der Waals surface area contributed by atoms with Gasteiger partial charge in [0, 0.05) is 11.1 Å². The Morgan fingerprint density at radius 2 is 2.27 bits per heavy atom. The Balaban J connectivity index is 2.86. The average Bonchev–Trinajstić information content (AvgIpc) is 2.21. The highest BCUT2D eigenvalue weighted by molar-refractivity contribution is 6.31. The first kappa shape index (κ1) is 12.3. The lowest BCUT2D eigenvalue weighted by atomic mass is 10.0. The van der Waals surface area contributed by atoms with E-state index >= 15 is 0 Å². The lowest BCUT2D eigenvalue weighted by Gasteiger charge is -2.17. The van der Waals surface area contributed by atoms with Crippen LogP contribution in [0.25, 0.3) is 0 Å². The average molecular weight is 224 g/mol. The summed E-state index contributed by atoms with van der Waals surface area (Å²) in [5.41, 5.74) is 2.37. The van der Waals surface area contributed by atoms with Crippen LogP contribution in [0.15, 0.2) is 30.9 Å². The van der Waals surface area contributed by atoms with Gasteiger partial charge in [0.2, 0.25) is 0 Å². The summed E-state index contributed by atoms with van der Waals surface area (Å²) in [6.45, 7) is 5.79. The van der Waals surface area contributed by atoms with E-state index in [2.05, 4.69) is 24.0 Å². The molecule has 0 aliphatic rings. The van der Waals surface area contributed by atoms with Gasteiger partial charge in [0.25, 0.3) is 0 Å². The van der Waals surface area contributed by atoms with Crippen molar-refractivity contribution in [2.75, 3.05) is 7.05 Å². The summed E-state index contributed by atoms with van der Waals surface area (Å²) < 4.78 is 0. The van der Waals surface area contributed by atoms with Crippen LogP contribution in [0.5, 0.6) is 0 Å². The summed E-state index contributed by atoms with van der Waals surface area (Å²) >= 11 is 6.22. The minimum absolute atomic E-state index is 0.316. The molecule has 0 saturated heterocycles. The lowest BCUT2D eigenvalue weighted by Crippen LogP contribution is -2.16. The van der Waals surface area contributed by atoms with Crippen LogP contribution in [0, 0.1) is 6.92 Å². The zero-order chi connectivity index (χ0) is 11.3. The van der Waals surface area contributed by atoms with Crippen LogP contribution in [0.1, 0.15) is 30.0 Å². The molecule has 0 spiro atoms. The van der Waals surface area contributed by atoms with Crippen molar-refractivity contribution in [3.63, 3.8) is 0 Å². The van der Waals surface area contributed by atoms with Gasteiger partial charge in [-0.2, -0.15) is 0 Å². The molecule has 2 heteroatoms. The second-order valence-corrected chi connectivity index (χ2v) is 4.14. The first-order valence-electron chi connectivity index (χ1n) is 5.23. The number of benzene rings is 1. The van der Waals surface area contributed by atoms with Gasteiger partial charge in [0.05, 0.1) is 0 Å². The van der Waals surface area contributed by atoms with Crippen molar-refractivity contribution in [3.05, 3.63) is 47.0 Å². The Bertz CT molecular complexity index is 333. The third-order valence-corrected chi connectivity index (χ3v) is 2.87. The molecular weight excluding hydrogens is 206 g/mol. The fourth-order valence-corrected chi connectivity index (χ4v) is 2.02. The predicted octanol–water partition coefficient (Wildman–Crippen LogP) is 3.88. The molecule has 0 aliphatic heterocycles. The van der Waals surface area contributed by atoms with Crippen molar-refractivity contribution < 1.29 is 0 Å². The first-order valence-corrected chi connectivity index (χ1v) is 5.61. The second-order valence-electron chi connectivity index (χ2n) is 3.73. The van der Waals surface area contributed by atoms with E-state index in [0.717, 1.165) is 17.9 Å². The zero-order valence-corrected chi connectivity index (χ0v) is 10.1. The van der Waals surface area contributed by atoms with E-state index in [1.54, 1.807) is 0 Å². The summed E-state index contributed by atoms with van der Waals surface area (Å²) in [6, 6.07) is 6.52. The maximum atomic E-state index is 6.22. The molecule has 1 N–H and O–H groups in total. The van der Waals surface area contributed by atoms with Crippen LogP contribution in [0.3, 0.4) is 0 Å². The van der Waals surface area contributed by atoms with Crippen molar-refractivity contribution >= 4 is 11.6 Å². The van der Waals surface area contributed by atoms with E-state index in [1.807, 2.05) is 26.1 Å². The highest BCUT2D eigenvalue weighted by atomic mass is 35.5. The van der Waals surface area contributed by atoms with Gasteiger partial charge in [0.1, 0.15) is 0 Å². The highest BCUT2D eigenvalue weighted by Gasteiger charge is 2.11. The largest absolute Gasteiger partial charge is 0.313 e. The molecule has 0 bridgehead atoms. The van der Waals surface area contributed by atoms with Gasteiger partial charge in [-0.25, -0.2) is 0 Å². The molecule has 1 aromatic rings. The van der Waals surface area contributed by atoms with E-state index in [1.165, 1.54) is 11.1 Å². The summed E-state index contributed by atoms with van der Waals surface area (Å²) in [4.78, 5) is 0. The minimum Gasteiger partial charge on any atom is -0.313 e. The Morgan fingerprint density at radius 3 is 2.80 bits per heavy atom.